The topological polar surface area (TPSA) is 103 Å². The second-order valence-electron chi connectivity index (χ2n) is 9.61. The number of benzene rings is 1. The lowest BCUT2D eigenvalue weighted by Gasteiger charge is -2.27. The van der Waals surface area contributed by atoms with Crippen molar-refractivity contribution in [1.29, 1.82) is 0 Å². The summed E-state index contributed by atoms with van der Waals surface area (Å²) in [4.78, 5) is 9.98. The number of nitrogens with zero attached hydrogens (tertiary/aromatic N) is 3. The van der Waals surface area contributed by atoms with E-state index in [0.29, 0.717) is 40.4 Å². The molecular formula is C27H35ClN4O4. The molecule has 3 heterocycles. The van der Waals surface area contributed by atoms with Crippen LogP contribution in [0.5, 0.6) is 5.75 Å². The molecule has 194 valence electrons. The average molecular weight is 515 g/mol. The molecule has 0 amide bonds. The van der Waals surface area contributed by atoms with Crippen molar-refractivity contribution >= 4 is 11.6 Å². The third-order valence-corrected chi connectivity index (χ3v) is 6.98. The van der Waals surface area contributed by atoms with E-state index in [-0.39, 0.29) is 12.7 Å². The fraction of sp³-hybridized carbons (Fsp3) is 0.519. The molecule has 1 aliphatic heterocycles. The minimum Gasteiger partial charge on any atom is -0.491 e. The number of halogens is 1. The van der Waals surface area contributed by atoms with Crippen LogP contribution in [0.15, 0.2) is 22.7 Å². The minimum absolute atomic E-state index is 0.161. The molecule has 1 fully saturated rings. The molecule has 1 aliphatic rings. The van der Waals surface area contributed by atoms with Gasteiger partial charge in [0, 0.05) is 24.4 Å². The van der Waals surface area contributed by atoms with Crippen LogP contribution < -0.4 is 10.1 Å². The maximum Gasteiger partial charge on any atom is 0.161 e. The second-order valence-corrected chi connectivity index (χ2v) is 10.0. The Hall–Kier alpha value is -2.52. The first kappa shape index (κ1) is 26.5. The van der Waals surface area contributed by atoms with Crippen molar-refractivity contribution in [3.8, 4) is 28.4 Å². The van der Waals surface area contributed by atoms with Gasteiger partial charge >= 0.3 is 0 Å². The number of likely N-dealkylation sites (N-methyl/N-ethyl adjacent to an activating group) is 1. The zero-order chi connectivity index (χ0) is 25.8. The molecule has 2 N–H and O–H groups in total. The predicted octanol–water partition coefficient (Wildman–Crippen LogP) is 4.69. The Bertz CT molecular complexity index is 1180. The molecule has 1 saturated heterocycles. The van der Waals surface area contributed by atoms with Crippen LogP contribution >= 0.6 is 11.6 Å². The number of aliphatic hydroxyl groups is 1. The predicted molar refractivity (Wildman–Crippen MR) is 139 cm³/mol. The molecule has 8 nitrogen and oxygen atoms in total. The number of rotatable bonds is 9. The number of aryl methyl sites for hydroxylation is 2. The number of aliphatic hydroxyl groups excluding tert-OH is 1. The van der Waals surface area contributed by atoms with Crippen LogP contribution in [0.3, 0.4) is 0 Å². The first-order chi connectivity index (χ1) is 17.3. The summed E-state index contributed by atoms with van der Waals surface area (Å²) >= 11 is 6.64. The number of ether oxygens (including phenoxy) is 2. The van der Waals surface area contributed by atoms with E-state index in [9.17, 15) is 5.11 Å². The highest BCUT2D eigenvalue weighted by atomic mass is 35.5. The Kier molecular flexibility index (Phi) is 8.62. The third kappa shape index (κ3) is 6.06. The largest absolute Gasteiger partial charge is 0.491 e. The first-order valence-corrected chi connectivity index (χ1v) is 12.8. The summed E-state index contributed by atoms with van der Waals surface area (Å²) < 4.78 is 17.1. The SMILES string of the molecule is CNC[C@@H](O)COc1ccc(Cl)c(-c2nc(C[C@H]3CCO[C@@H](C)C3)c(C)c(-c3c(C)noc3C)n2)c1. The van der Waals surface area contributed by atoms with Crippen LogP contribution in [0.2, 0.25) is 5.02 Å². The Balaban J connectivity index is 1.76. The van der Waals surface area contributed by atoms with E-state index in [1.165, 1.54) is 0 Å². The van der Waals surface area contributed by atoms with Gasteiger partial charge in [0.15, 0.2) is 5.82 Å². The fourth-order valence-electron chi connectivity index (χ4n) is 4.75. The van der Waals surface area contributed by atoms with Gasteiger partial charge in [0.25, 0.3) is 0 Å². The van der Waals surface area contributed by atoms with Gasteiger partial charge in [-0.05, 0) is 83.7 Å². The van der Waals surface area contributed by atoms with Gasteiger partial charge in [-0.15, -0.1) is 0 Å². The standard InChI is InChI=1S/C27H35ClN4O4/c1-15-10-19(8-9-34-15)11-24-16(2)26(25-17(3)32-36-18(25)4)31-27(30-24)22-12-21(6-7-23(22)28)35-14-20(33)13-29-5/h6-7,12,15,19-20,29,33H,8-11,13-14H2,1-5H3/t15-,19-,20+/m0/s1. The van der Waals surface area contributed by atoms with E-state index in [1.54, 1.807) is 19.2 Å². The van der Waals surface area contributed by atoms with Gasteiger partial charge < -0.3 is 24.4 Å². The Morgan fingerprint density at radius 2 is 2.06 bits per heavy atom. The van der Waals surface area contributed by atoms with E-state index < -0.39 is 6.10 Å². The minimum atomic E-state index is -0.621. The first-order valence-electron chi connectivity index (χ1n) is 12.4. The molecule has 0 unspecified atom stereocenters. The molecule has 2 aromatic heterocycles. The third-order valence-electron chi connectivity index (χ3n) is 6.65. The number of nitrogens with one attached hydrogen (secondary N) is 1. The van der Waals surface area contributed by atoms with Crippen molar-refractivity contribution in [2.75, 3.05) is 26.8 Å². The van der Waals surface area contributed by atoms with Crippen molar-refractivity contribution < 1.29 is 19.1 Å². The number of hydrogen-bond acceptors (Lipinski definition) is 8. The van der Waals surface area contributed by atoms with Crippen molar-refractivity contribution in [2.24, 2.45) is 5.92 Å². The highest BCUT2D eigenvalue weighted by Gasteiger charge is 2.25. The van der Waals surface area contributed by atoms with Gasteiger partial charge in [-0.3, -0.25) is 0 Å². The van der Waals surface area contributed by atoms with Gasteiger partial charge in [0.05, 0.1) is 28.1 Å². The molecule has 3 atom stereocenters. The molecule has 0 saturated carbocycles. The van der Waals surface area contributed by atoms with Gasteiger partial charge in [0.1, 0.15) is 24.2 Å². The number of aromatic nitrogens is 3. The molecule has 36 heavy (non-hydrogen) atoms. The summed E-state index contributed by atoms with van der Waals surface area (Å²) in [5.41, 5.74) is 5.15. The van der Waals surface area contributed by atoms with Crippen molar-refractivity contribution in [3.63, 3.8) is 0 Å². The molecule has 1 aromatic carbocycles. The summed E-state index contributed by atoms with van der Waals surface area (Å²) in [5.74, 6) is 2.31. The molecule has 3 aromatic rings. The maximum absolute atomic E-state index is 10.0. The van der Waals surface area contributed by atoms with Gasteiger partial charge in [-0.25, -0.2) is 9.97 Å². The summed E-state index contributed by atoms with van der Waals surface area (Å²) in [5, 5.41) is 17.6. The summed E-state index contributed by atoms with van der Waals surface area (Å²) in [6.07, 6.45) is 2.45. The summed E-state index contributed by atoms with van der Waals surface area (Å²) in [6, 6.07) is 5.39. The molecule has 0 bridgehead atoms. The van der Waals surface area contributed by atoms with E-state index >= 15 is 0 Å². The van der Waals surface area contributed by atoms with Crippen molar-refractivity contribution in [3.05, 3.63) is 45.9 Å². The molecule has 0 spiro atoms. The Labute approximate surface area is 217 Å². The highest BCUT2D eigenvalue weighted by molar-refractivity contribution is 6.33. The van der Waals surface area contributed by atoms with Crippen LogP contribution in [-0.2, 0) is 11.2 Å². The molecular weight excluding hydrogens is 480 g/mol. The van der Waals surface area contributed by atoms with E-state index in [2.05, 4.69) is 24.3 Å². The Morgan fingerprint density at radius 1 is 1.25 bits per heavy atom. The molecule has 4 rings (SSSR count). The normalized spacial score (nSPS) is 18.9. The van der Waals surface area contributed by atoms with Gasteiger partial charge in [-0.1, -0.05) is 16.8 Å². The smallest absolute Gasteiger partial charge is 0.161 e. The quantitative estimate of drug-likeness (QED) is 0.424. The van der Waals surface area contributed by atoms with Gasteiger partial charge in [0.2, 0.25) is 0 Å². The fourth-order valence-corrected chi connectivity index (χ4v) is 4.95. The zero-order valence-electron chi connectivity index (χ0n) is 21.6. The van der Waals surface area contributed by atoms with Gasteiger partial charge in [-0.2, -0.15) is 0 Å². The van der Waals surface area contributed by atoms with Crippen LogP contribution in [0.4, 0.5) is 0 Å². The zero-order valence-corrected chi connectivity index (χ0v) is 22.4. The maximum atomic E-state index is 10.0. The van der Waals surface area contributed by atoms with Crippen LogP contribution in [0, 0.1) is 26.7 Å². The Morgan fingerprint density at radius 3 is 2.75 bits per heavy atom. The second kappa shape index (κ2) is 11.7. The van der Waals surface area contributed by atoms with Crippen LogP contribution in [0.25, 0.3) is 22.6 Å². The molecule has 0 aliphatic carbocycles. The van der Waals surface area contributed by atoms with E-state index in [0.717, 1.165) is 54.1 Å². The molecule has 9 heteroatoms. The highest BCUT2D eigenvalue weighted by Crippen LogP contribution is 2.36. The van der Waals surface area contributed by atoms with Crippen LogP contribution in [-0.4, -0.2) is 59.2 Å². The lowest BCUT2D eigenvalue weighted by atomic mass is 9.89. The summed E-state index contributed by atoms with van der Waals surface area (Å²) in [7, 11) is 1.79. The van der Waals surface area contributed by atoms with Crippen LogP contribution in [0.1, 0.15) is 42.5 Å². The molecule has 0 radical (unpaired) electrons. The lowest BCUT2D eigenvalue weighted by Crippen LogP contribution is -2.29. The lowest BCUT2D eigenvalue weighted by molar-refractivity contribution is 0.00262. The van der Waals surface area contributed by atoms with E-state index in [4.69, 9.17) is 35.6 Å². The van der Waals surface area contributed by atoms with Crippen molar-refractivity contribution in [2.45, 2.75) is 59.2 Å². The number of hydrogen-bond donors (Lipinski definition) is 2. The van der Waals surface area contributed by atoms with E-state index in [1.807, 2.05) is 19.9 Å². The monoisotopic (exact) mass is 514 g/mol. The van der Waals surface area contributed by atoms with Crippen molar-refractivity contribution in [1.82, 2.24) is 20.4 Å². The average Bonchev–Trinajstić information content (AvgIpc) is 3.18. The summed E-state index contributed by atoms with van der Waals surface area (Å²) in [6.45, 7) is 9.37.